The van der Waals surface area contributed by atoms with Crippen LogP contribution in [0.4, 0.5) is 0 Å². The first-order chi connectivity index (χ1) is 11.2. The van der Waals surface area contributed by atoms with Crippen LogP contribution in [0.5, 0.6) is 5.75 Å². The van der Waals surface area contributed by atoms with Crippen molar-refractivity contribution in [3.63, 3.8) is 0 Å². The predicted octanol–water partition coefficient (Wildman–Crippen LogP) is 2.84. The molecule has 2 aromatic carbocycles. The Morgan fingerprint density at radius 1 is 1.17 bits per heavy atom. The third kappa shape index (κ3) is 3.42. The SMILES string of the molecule is COC(=O)Cc1ccc2c(c1)OCC(Cc1ccccc1)C2=O. The highest BCUT2D eigenvalue weighted by Crippen LogP contribution is 2.30. The summed E-state index contributed by atoms with van der Waals surface area (Å²) in [5.74, 6) is 0.172. The van der Waals surface area contributed by atoms with Crippen molar-refractivity contribution in [3.05, 3.63) is 65.2 Å². The monoisotopic (exact) mass is 310 g/mol. The van der Waals surface area contributed by atoms with E-state index in [9.17, 15) is 9.59 Å². The number of benzene rings is 2. The smallest absolute Gasteiger partial charge is 0.309 e. The number of hydrogen-bond donors (Lipinski definition) is 0. The molecule has 0 radical (unpaired) electrons. The lowest BCUT2D eigenvalue weighted by molar-refractivity contribution is -0.139. The molecule has 0 aliphatic carbocycles. The van der Waals surface area contributed by atoms with Gasteiger partial charge in [-0.15, -0.1) is 0 Å². The van der Waals surface area contributed by atoms with Gasteiger partial charge in [0, 0.05) is 0 Å². The van der Waals surface area contributed by atoms with Gasteiger partial charge in [-0.2, -0.15) is 0 Å². The van der Waals surface area contributed by atoms with E-state index in [0.717, 1.165) is 11.1 Å². The van der Waals surface area contributed by atoms with Crippen molar-refractivity contribution >= 4 is 11.8 Å². The molecular formula is C19H18O4. The molecule has 3 rings (SSSR count). The highest BCUT2D eigenvalue weighted by Gasteiger charge is 2.29. The van der Waals surface area contributed by atoms with Crippen LogP contribution in [0.15, 0.2) is 48.5 Å². The van der Waals surface area contributed by atoms with Gasteiger partial charge in [0.15, 0.2) is 5.78 Å². The molecule has 0 amide bonds. The second kappa shape index (κ2) is 6.65. The van der Waals surface area contributed by atoms with Gasteiger partial charge in [-0.1, -0.05) is 36.4 Å². The number of ether oxygens (including phenoxy) is 2. The summed E-state index contributed by atoms with van der Waals surface area (Å²) in [4.78, 5) is 24.0. The number of carbonyl (C=O) groups is 2. The number of fused-ring (bicyclic) bond motifs is 1. The van der Waals surface area contributed by atoms with Crippen LogP contribution < -0.4 is 4.74 Å². The summed E-state index contributed by atoms with van der Waals surface area (Å²) in [6, 6.07) is 15.2. The van der Waals surface area contributed by atoms with E-state index in [4.69, 9.17) is 4.74 Å². The van der Waals surface area contributed by atoms with Crippen LogP contribution in [-0.4, -0.2) is 25.5 Å². The van der Waals surface area contributed by atoms with Crippen molar-refractivity contribution in [1.82, 2.24) is 0 Å². The van der Waals surface area contributed by atoms with Crippen LogP contribution in [0.3, 0.4) is 0 Å². The van der Waals surface area contributed by atoms with Gasteiger partial charge in [0.2, 0.25) is 0 Å². The maximum atomic E-state index is 12.6. The minimum Gasteiger partial charge on any atom is -0.492 e. The van der Waals surface area contributed by atoms with Crippen molar-refractivity contribution in [2.24, 2.45) is 5.92 Å². The molecule has 0 N–H and O–H groups in total. The van der Waals surface area contributed by atoms with Crippen molar-refractivity contribution in [1.29, 1.82) is 0 Å². The normalized spacial score (nSPS) is 16.4. The molecule has 2 aromatic rings. The van der Waals surface area contributed by atoms with Crippen molar-refractivity contribution in [3.8, 4) is 5.75 Å². The van der Waals surface area contributed by atoms with E-state index in [0.29, 0.717) is 24.3 Å². The van der Waals surface area contributed by atoms with E-state index in [2.05, 4.69) is 4.74 Å². The lowest BCUT2D eigenvalue weighted by Crippen LogP contribution is -2.29. The molecule has 1 unspecified atom stereocenters. The molecule has 4 heteroatoms. The van der Waals surface area contributed by atoms with E-state index < -0.39 is 0 Å². The second-order valence-electron chi connectivity index (χ2n) is 5.65. The van der Waals surface area contributed by atoms with E-state index in [1.54, 1.807) is 18.2 Å². The first-order valence-corrected chi connectivity index (χ1v) is 7.58. The topological polar surface area (TPSA) is 52.6 Å². The summed E-state index contributed by atoms with van der Waals surface area (Å²) in [5.41, 5.74) is 2.50. The molecular weight excluding hydrogens is 292 g/mol. The summed E-state index contributed by atoms with van der Waals surface area (Å²) < 4.78 is 10.4. The fraction of sp³-hybridized carbons (Fsp3) is 0.263. The molecule has 23 heavy (non-hydrogen) atoms. The second-order valence-corrected chi connectivity index (χ2v) is 5.65. The van der Waals surface area contributed by atoms with Crippen LogP contribution in [-0.2, 0) is 22.4 Å². The number of ketones is 1. The minimum absolute atomic E-state index is 0.0970. The van der Waals surface area contributed by atoms with Gasteiger partial charge < -0.3 is 9.47 Å². The molecule has 118 valence electrons. The average Bonchev–Trinajstić information content (AvgIpc) is 2.58. The third-order valence-corrected chi connectivity index (χ3v) is 4.02. The fourth-order valence-electron chi connectivity index (χ4n) is 2.77. The maximum absolute atomic E-state index is 12.6. The molecule has 0 fully saturated rings. The Morgan fingerprint density at radius 2 is 1.96 bits per heavy atom. The standard InChI is InChI=1S/C19H18O4/c1-22-18(20)11-14-7-8-16-17(10-14)23-12-15(19(16)21)9-13-5-3-2-4-6-13/h2-8,10,15H,9,11-12H2,1H3. The van der Waals surface area contributed by atoms with Crippen molar-refractivity contribution in [2.45, 2.75) is 12.8 Å². The zero-order chi connectivity index (χ0) is 16.2. The largest absolute Gasteiger partial charge is 0.492 e. The predicted molar refractivity (Wildman–Crippen MR) is 85.6 cm³/mol. The molecule has 0 saturated heterocycles. The summed E-state index contributed by atoms with van der Waals surface area (Å²) in [6.07, 6.45) is 0.845. The quantitative estimate of drug-likeness (QED) is 0.815. The minimum atomic E-state index is -0.311. The summed E-state index contributed by atoms with van der Waals surface area (Å²) in [6.45, 7) is 0.363. The van der Waals surface area contributed by atoms with Crippen LogP contribution in [0.25, 0.3) is 0 Å². The zero-order valence-corrected chi connectivity index (χ0v) is 13.0. The number of methoxy groups -OCH3 is 1. The Kier molecular flexibility index (Phi) is 4.42. The number of carbonyl (C=O) groups excluding carboxylic acids is 2. The average molecular weight is 310 g/mol. The summed E-state index contributed by atoms with van der Waals surface area (Å²) in [5, 5.41) is 0. The highest BCUT2D eigenvalue weighted by atomic mass is 16.5. The lowest BCUT2D eigenvalue weighted by Gasteiger charge is -2.24. The van der Waals surface area contributed by atoms with E-state index in [-0.39, 0.29) is 24.1 Å². The van der Waals surface area contributed by atoms with Gasteiger partial charge in [-0.25, -0.2) is 0 Å². The van der Waals surface area contributed by atoms with Gasteiger partial charge in [0.05, 0.1) is 31.6 Å². The van der Waals surface area contributed by atoms with Gasteiger partial charge in [-0.05, 0) is 29.7 Å². The molecule has 0 saturated carbocycles. The molecule has 1 aliphatic heterocycles. The Hall–Kier alpha value is -2.62. The van der Waals surface area contributed by atoms with Gasteiger partial charge in [0.1, 0.15) is 5.75 Å². The molecule has 1 atom stereocenters. The molecule has 1 aliphatic rings. The highest BCUT2D eigenvalue weighted by molar-refractivity contribution is 6.01. The third-order valence-electron chi connectivity index (χ3n) is 4.02. The van der Waals surface area contributed by atoms with Crippen LogP contribution in [0.2, 0.25) is 0 Å². The Labute approximate surface area is 135 Å². The molecule has 4 nitrogen and oxygen atoms in total. The fourth-order valence-corrected chi connectivity index (χ4v) is 2.77. The first-order valence-electron chi connectivity index (χ1n) is 7.58. The zero-order valence-electron chi connectivity index (χ0n) is 13.0. The van der Waals surface area contributed by atoms with Crippen LogP contribution in [0, 0.1) is 5.92 Å². The van der Waals surface area contributed by atoms with Crippen molar-refractivity contribution in [2.75, 3.05) is 13.7 Å². The van der Waals surface area contributed by atoms with Crippen molar-refractivity contribution < 1.29 is 19.1 Å². The van der Waals surface area contributed by atoms with Gasteiger partial charge in [0.25, 0.3) is 0 Å². The summed E-state index contributed by atoms with van der Waals surface area (Å²) >= 11 is 0. The Morgan fingerprint density at radius 3 is 2.70 bits per heavy atom. The van der Waals surface area contributed by atoms with Crippen LogP contribution >= 0.6 is 0 Å². The first kappa shape index (κ1) is 15.3. The van der Waals surface area contributed by atoms with E-state index >= 15 is 0 Å². The summed E-state index contributed by atoms with van der Waals surface area (Å²) in [7, 11) is 1.36. The number of rotatable bonds is 4. The number of hydrogen-bond acceptors (Lipinski definition) is 4. The Bertz CT molecular complexity index is 721. The maximum Gasteiger partial charge on any atom is 0.309 e. The van der Waals surface area contributed by atoms with E-state index in [1.165, 1.54) is 7.11 Å². The van der Waals surface area contributed by atoms with Gasteiger partial charge in [-0.3, -0.25) is 9.59 Å². The molecule has 1 heterocycles. The molecule has 0 spiro atoms. The van der Waals surface area contributed by atoms with E-state index in [1.807, 2.05) is 30.3 Å². The molecule has 0 aromatic heterocycles. The number of Topliss-reactive ketones (excluding diaryl/α,β-unsaturated/α-hetero) is 1. The number of esters is 1. The Balaban J connectivity index is 1.76. The lowest BCUT2D eigenvalue weighted by atomic mass is 9.89. The van der Waals surface area contributed by atoms with Crippen LogP contribution in [0.1, 0.15) is 21.5 Å². The molecule has 0 bridgehead atoms. The van der Waals surface area contributed by atoms with Gasteiger partial charge >= 0.3 is 5.97 Å².